The van der Waals surface area contributed by atoms with Crippen LogP contribution in [0.5, 0.6) is 0 Å². The molecular formula is C17H25N. The molecule has 18 heavy (non-hydrogen) atoms. The topological polar surface area (TPSA) is 3.24 Å². The van der Waals surface area contributed by atoms with Crippen molar-refractivity contribution >= 4 is 0 Å². The molecule has 0 N–H and O–H groups in total. The van der Waals surface area contributed by atoms with Crippen LogP contribution in [0.2, 0.25) is 0 Å². The molecule has 0 heterocycles. The van der Waals surface area contributed by atoms with Crippen LogP contribution in [-0.2, 0) is 0 Å². The van der Waals surface area contributed by atoms with E-state index < -0.39 is 0 Å². The van der Waals surface area contributed by atoms with Gasteiger partial charge in [0, 0.05) is 25.4 Å². The lowest BCUT2D eigenvalue weighted by atomic mass is 9.97. The van der Waals surface area contributed by atoms with E-state index in [1.165, 1.54) is 11.3 Å². The summed E-state index contributed by atoms with van der Waals surface area (Å²) < 4.78 is 0. The van der Waals surface area contributed by atoms with Crippen molar-refractivity contribution < 1.29 is 0 Å². The predicted octanol–water partition coefficient (Wildman–Crippen LogP) is 4.64. The Bertz CT molecular complexity index is 415. The average Bonchev–Trinajstić information content (AvgIpc) is 2.34. The maximum Gasteiger partial charge on any atom is 0.0466 e. The fourth-order valence-electron chi connectivity index (χ4n) is 1.88. The molecule has 0 saturated heterocycles. The first-order valence-electron chi connectivity index (χ1n) is 6.16. The molecule has 0 aliphatic carbocycles. The molecule has 0 amide bonds. The fourth-order valence-corrected chi connectivity index (χ4v) is 1.88. The Labute approximate surface area is 112 Å². The summed E-state index contributed by atoms with van der Waals surface area (Å²) in [5, 5.41) is 0. The van der Waals surface area contributed by atoms with Crippen LogP contribution in [0, 0.1) is 0 Å². The van der Waals surface area contributed by atoms with Crippen LogP contribution in [0.1, 0.15) is 20.8 Å². The highest BCUT2D eigenvalue weighted by Crippen LogP contribution is 2.25. The third kappa shape index (κ3) is 4.25. The van der Waals surface area contributed by atoms with Crippen molar-refractivity contribution in [3.8, 4) is 0 Å². The van der Waals surface area contributed by atoms with E-state index in [0.29, 0.717) is 0 Å². The molecule has 0 saturated carbocycles. The smallest absolute Gasteiger partial charge is 0.0466 e. The number of hydrogen-bond acceptors (Lipinski definition) is 1. The van der Waals surface area contributed by atoms with Crippen LogP contribution in [0.15, 0.2) is 72.0 Å². The Morgan fingerprint density at radius 2 is 1.72 bits per heavy atom. The monoisotopic (exact) mass is 243 g/mol. The molecule has 1 heteroatoms. The van der Waals surface area contributed by atoms with Crippen LogP contribution < -0.4 is 0 Å². The lowest BCUT2D eigenvalue weighted by Gasteiger charge is -2.23. The normalized spacial score (nSPS) is 14.5. The van der Waals surface area contributed by atoms with Crippen LogP contribution in [0.4, 0.5) is 0 Å². The van der Waals surface area contributed by atoms with Crippen LogP contribution in [0.3, 0.4) is 0 Å². The van der Waals surface area contributed by atoms with Crippen molar-refractivity contribution in [2.75, 3.05) is 14.1 Å². The maximum atomic E-state index is 3.86. The van der Waals surface area contributed by atoms with E-state index >= 15 is 0 Å². The second-order valence-electron chi connectivity index (χ2n) is 4.19. The third-order valence-electron chi connectivity index (χ3n) is 2.63. The Balaban J connectivity index is 5.90. The van der Waals surface area contributed by atoms with Gasteiger partial charge in [0.2, 0.25) is 0 Å². The molecule has 0 atom stereocenters. The summed E-state index contributed by atoms with van der Waals surface area (Å²) in [6.45, 7) is 13.8. The zero-order valence-corrected chi connectivity index (χ0v) is 12.3. The maximum absolute atomic E-state index is 3.86. The minimum atomic E-state index is 1.15. The first kappa shape index (κ1) is 16.2. The number of hydrogen-bond donors (Lipinski definition) is 0. The van der Waals surface area contributed by atoms with Gasteiger partial charge in [0.25, 0.3) is 0 Å². The van der Waals surface area contributed by atoms with Crippen molar-refractivity contribution in [3.05, 3.63) is 72.0 Å². The lowest BCUT2D eigenvalue weighted by molar-refractivity contribution is 0.518. The highest BCUT2D eigenvalue weighted by Gasteiger charge is 2.11. The summed E-state index contributed by atoms with van der Waals surface area (Å²) in [5.74, 6) is 0. The third-order valence-corrected chi connectivity index (χ3v) is 2.63. The van der Waals surface area contributed by atoms with E-state index in [0.717, 1.165) is 11.1 Å². The zero-order valence-electron chi connectivity index (χ0n) is 12.3. The zero-order chi connectivity index (χ0) is 14.1. The fraction of sp³-hybridized carbons (Fsp3) is 0.294. The van der Waals surface area contributed by atoms with Gasteiger partial charge in [0.1, 0.15) is 0 Å². The van der Waals surface area contributed by atoms with Gasteiger partial charge in [0.05, 0.1) is 0 Å². The Hall–Kier alpha value is -1.76. The van der Waals surface area contributed by atoms with Gasteiger partial charge in [-0.2, -0.15) is 0 Å². The molecule has 0 radical (unpaired) electrons. The molecule has 0 fully saturated rings. The SMILES string of the molecule is C=C/C=C(\C=C/C)C(=C/C)/C(=C(/C)C=C)N(C)C. The molecule has 0 aromatic rings. The van der Waals surface area contributed by atoms with Gasteiger partial charge >= 0.3 is 0 Å². The van der Waals surface area contributed by atoms with Crippen molar-refractivity contribution in [2.45, 2.75) is 20.8 Å². The van der Waals surface area contributed by atoms with Gasteiger partial charge in [-0.3, -0.25) is 0 Å². The number of rotatable bonds is 6. The Kier molecular flexibility index (Phi) is 7.53. The molecule has 0 bridgehead atoms. The first-order chi connectivity index (χ1) is 8.53. The second-order valence-corrected chi connectivity index (χ2v) is 4.19. The highest BCUT2D eigenvalue weighted by molar-refractivity contribution is 5.54. The number of likely N-dealkylation sites (N-methyl/N-ethyl adjacent to an activating group) is 1. The summed E-state index contributed by atoms with van der Waals surface area (Å²) in [6.07, 6.45) is 12.0. The quantitative estimate of drug-likeness (QED) is 0.614. The Morgan fingerprint density at radius 1 is 1.11 bits per heavy atom. The van der Waals surface area contributed by atoms with Gasteiger partial charge in [-0.25, -0.2) is 0 Å². The summed E-state index contributed by atoms with van der Waals surface area (Å²) in [4.78, 5) is 2.12. The first-order valence-corrected chi connectivity index (χ1v) is 6.16. The molecule has 0 rings (SSSR count). The van der Waals surface area contributed by atoms with E-state index in [-0.39, 0.29) is 0 Å². The molecule has 0 unspecified atom stereocenters. The van der Waals surface area contributed by atoms with Gasteiger partial charge in [-0.15, -0.1) is 0 Å². The minimum absolute atomic E-state index is 1.15. The van der Waals surface area contributed by atoms with Crippen LogP contribution in [0.25, 0.3) is 0 Å². The second kappa shape index (κ2) is 8.35. The molecule has 0 aliphatic rings. The van der Waals surface area contributed by atoms with Gasteiger partial charge in [-0.1, -0.05) is 49.6 Å². The lowest BCUT2D eigenvalue weighted by Crippen LogP contribution is -2.15. The van der Waals surface area contributed by atoms with Gasteiger partial charge in [0.15, 0.2) is 0 Å². The van der Waals surface area contributed by atoms with Gasteiger partial charge in [-0.05, 0) is 31.9 Å². The van der Waals surface area contributed by atoms with Crippen LogP contribution in [-0.4, -0.2) is 19.0 Å². The van der Waals surface area contributed by atoms with E-state index in [2.05, 4.69) is 44.1 Å². The predicted molar refractivity (Wildman–Crippen MR) is 83.4 cm³/mol. The summed E-state index contributed by atoms with van der Waals surface area (Å²) >= 11 is 0. The van der Waals surface area contributed by atoms with E-state index in [1.807, 2.05) is 45.3 Å². The molecule has 98 valence electrons. The molecule has 1 nitrogen and oxygen atoms in total. The number of nitrogens with zero attached hydrogens (tertiary/aromatic N) is 1. The molecule has 0 aromatic heterocycles. The van der Waals surface area contributed by atoms with E-state index in [1.54, 1.807) is 0 Å². The largest absolute Gasteiger partial charge is 0.377 e. The highest BCUT2D eigenvalue weighted by atomic mass is 15.1. The van der Waals surface area contributed by atoms with Crippen molar-refractivity contribution in [1.82, 2.24) is 4.90 Å². The van der Waals surface area contributed by atoms with E-state index in [9.17, 15) is 0 Å². The summed E-state index contributed by atoms with van der Waals surface area (Å²) in [7, 11) is 4.10. The van der Waals surface area contributed by atoms with Gasteiger partial charge < -0.3 is 4.90 Å². The molecular weight excluding hydrogens is 218 g/mol. The molecule has 0 spiro atoms. The summed E-state index contributed by atoms with van der Waals surface area (Å²) in [5.41, 5.74) is 4.68. The average molecular weight is 243 g/mol. The summed E-state index contributed by atoms with van der Waals surface area (Å²) in [6, 6.07) is 0. The standard InChI is InChI=1S/C17H25N/c1-8-12-15(13-9-2)16(11-4)17(18(6)7)14(5)10-3/h8-13H,1,3H2,2,4-7H3/b13-9-,15-12+,16-11-,17-14+. The Morgan fingerprint density at radius 3 is 2.06 bits per heavy atom. The minimum Gasteiger partial charge on any atom is -0.377 e. The van der Waals surface area contributed by atoms with Crippen molar-refractivity contribution in [1.29, 1.82) is 0 Å². The molecule has 0 aromatic carbocycles. The van der Waals surface area contributed by atoms with Crippen molar-refractivity contribution in [2.24, 2.45) is 0 Å². The molecule has 0 aliphatic heterocycles. The van der Waals surface area contributed by atoms with Crippen LogP contribution >= 0.6 is 0 Å². The van der Waals surface area contributed by atoms with Crippen molar-refractivity contribution in [3.63, 3.8) is 0 Å². The van der Waals surface area contributed by atoms with E-state index in [4.69, 9.17) is 0 Å². The number of allylic oxidation sites excluding steroid dienone is 8.